The van der Waals surface area contributed by atoms with Crippen LogP contribution in [0.2, 0.25) is 0 Å². The summed E-state index contributed by atoms with van der Waals surface area (Å²) in [5.41, 5.74) is -0.942. The number of ether oxygens (including phenoxy) is 2. The van der Waals surface area contributed by atoms with Gasteiger partial charge in [0.05, 0.1) is 14.2 Å². The molecule has 15 heavy (non-hydrogen) atoms. The van der Waals surface area contributed by atoms with Crippen molar-refractivity contribution in [1.82, 2.24) is 4.98 Å². The SMILES string of the molecule is COc1ccc([B-](F)(F)F)nc1OC.[K+]. The number of hydrogen-bond donors (Lipinski definition) is 0. The Hall–Kier alpha value is 0.241. The second-order valence-electron chi connectivity index (χ2n) is 2.52. The molecule has 0 fully saturated rings. The van der Waals surface area contributed by atoms with Gasteiger partial charge in [0.15, 0.2) is 5.75 Å². The molecular formula is C7H8BF3KNO2. The van der Waals surface area contributed by atoms with Crippen LogP contribution in [-0.2, 0) is 0 Å². The third-order valence-electron chi connectivity index (χ3n) is 1.60. The first-order chi connectivity index (χ1) is 6.49. The number of rotatable bonds is 3. The maximum absolute atomic E-state index is 12.2. The molecule has 0 spiro atoms. The number of aromatic nitrogens is 1. The fourth-order valence-electron chi connectivity index (χ4n) is 0.926. The molecule has 1 rings (SSSR count). The van der Waals surface area contributed by atoms with Gasteiger partial charge in [-0.05, 0) is 11.7 Å². The van der Waals surface area contributed by atoms with Crippen molar-refractivity contribution in [1.29, 1.82) is 0 Å². The standard InChI is InChI=1S/C7H8BF3NO2.K/c1-13-5-3-4-6(8(9,10)11)12-7(5)14-2;/h3-4H,1-2H3;/q-1;+1. The van der Waals surface area contributed by atoms with E-state index in [9.17, 15) is 12.9 Å². The van der Waals surface area contributed by atoms with Crippen LogP contribution in [0.15, 0.2) is 12.1 Å². The summed E-state index contributed by atoms with van der Waals surface area (Å²) in [4.78, 5) is 3.29. The number of hydrogen-bond acceptors (Lipinski definition) is 3. The molecule has 0 N–H and O–H groups in total. The Morgan fingerprint density at radius 3 is 2.13 bits per heavy atom. The topological polar surface area (TPSA) is 31.4 Å². The monoisotopic (exact) mass is 245 g/mol. The molecule has 1 aromatic rings. The van der Waals surface area contributed by atoms with Crippen molar-refractivity contribution in [2.24, 2.45) is 0 Å². The van der Waals surface area contributed by atoms with E-state index in [0.717, 1.165) is 6.07 Å². The molecule has 0 aliphatic rings. The Labute approximate surface area is 128 Å². The van der Waals surface area contributed by atoms with Crippen LogP contribution in [0.4, 0.5) is 12.9 Å². The van der Waals surface area contributed by atoms with E-state index in [0.29, 0.717) is 0 Å². The molecular weight excluding hydrogens is 237 g/mol. The Morgan fingerprint density at radius 2 is 1.73 bits per heavy atom. The van der Waals surface area contributed by atoms with Gasteiger partial charge in [-0.2, -0.15) is 0 Å². The molecule has 0 saturated heterocycles. The number of nitrogens with zero attached hydrogens (tertiary/aromatic N) is 1. The van der Waals surface area contributed by atoms with Crippen molar-refractivity contribution in [3.8, 4) is 11.6 Å². The van der Waals surface area contributed by atoms with E-state index in [1.807, 2.05) is 0 Å². The summed E-state index contributed by atoms with van der Waals surface area (Å²) in [5.74, 6) is 0.0144. The summed E-state index contributed by atoms with van der Waals surface area (Å²) in [7, 11) is 2.57. The van der Waals surface area contributed by atoms with Crippen molar-refractivity contribution in [3.63, 3.8) is 0 Å². The third-order valence-corrected chi connectivity index (χ3v) is 1.60. The zero-order valence-corrected chi connectivity index (χ0v) is 11.8. The van der Waals surface area contributed by atoms with Gasteiger partial charge < -0.3 is 22.4 Å². The van der Waals surface area contributed by atoms with Gasteiger partial charge in [-0.15, -0.1) is 0 Å². The van der Waals surface area contributed by atoms with Crippen molar-refractivity contribution < 1.29 is 73.8 Å². The molecule has 0 bridgehead atoms. The van der Waals surface area contributed by atoms with Crippen LogP contribution in [0.25, 0.3) is 0 Å². The minimum Gasteiger partial charge on any atom is -0.491 e. The van der Waals surface area contributed by atoms with Gasteiger partial charge in [0, 0.05) is 0 Å². The average molecular weight is 245 g/mol. The maximum Gasteiger partial charge on any atom is 1.00 e. The van der Waals surface area contributed by atoms with Crippen LogP contribution in [0.3, 0.4) is 0 Å². The van der Waals surface area contributed by atoms with Gasteiger partial charge in [-0.25, -0.2) is 4.98 Å². The summed E-state index contributed by atoms with van der Waals surface area (Å²) in [6.07, 6.45) is 0. The molecule has 8 heteroatoms. The van der Waals surface area contributed by atoms with Gasteiger partial charge in [-0.1, -0.05) is 6.07 Å². The molecule has 0 aromatic carbocycles. The summed E-state index contributed by atoms with van der Waals surface area (Å²) in [5, 5.41) is 0. The van der Waals surface area contributed by atoms with Crippen LogP contribution in [-0.4, -0.2) is 26.2 Å². The average Bonchev–Trinajstić information content (AvgIpc) is 2.15. The van der Waals surface area contributed by atoms with Gasteiger partial charge in [0.2, 0.25) is 0 Å². The number of pyridine rings is 1. The fraction of sp³-hybridized carbons (Fsp3) is 0.286. The predicted molar refractivity (Wildman–Crippen MR) is 46.1 cm³/mol. The Balaban J connectivity index is 0.00000196. The van der Waals surface area contributed by atoms with Gasteiger partial charge in [0.1, 0.15) is 0 Å². The van der Waals surface area contributed by atoms with Crippen LogP contribution in [0.1, 0.15) is 0 Å². The molecule has 3 nitrogen and oxygen atoms in total. The minimum atomic E-state index is -5.10. The molecule has 1 heterocycles. The van der Waals surface area contributed by atoms with Crippen LogP contribution in [0, 0.1) is 0 Å². The molecule has 0 unspecified atom stereocenters. The zero-order valence-electron chi connectivity index (χ0n) is 8.63. The minimum absolute atomic E-state index is 0. The predicted octanol–water partition coefficient (Wildman–Crippen LogP) is -1.84. The molecule has 1 aromatic heterocycles. The van der Waals surface area contributed by atoms with Crippen LogP contribution < -0.4 is 66.5 Å². The first-order valence-corrected chi connectivity index (χ1v) is 3.78. The van der Waals surface area contributed by atoms with Gasteiger partial charge in [0.25, 0.3) is 5.88 Å². The van der Waals surface area contributed by atoms with E-state index < -0.39 is 12.6 Å². The van der Waals surface area contributed by atoms with Crippen LogP contribution in [0.5, 0.6) is 11.6 Å². The van der Waals surface area contributed by atoms with Crippen molar-refractivity contribution >= 4 is 12.6 Å². The van der Waals surface area contributed by atoms with Crippen molar-refractivity contribution in [2.45, 2.75) is 0 Å². The molecule has 0 saturated carbocycles. The van der Waals surface area contributed by atoms with Gasteiger partial charge in [-0.3, -0.25) is 0 Å². The van der Waals surface area contributed by atoms with Crippen molar-refractivity contribution in [3.05, 3.63) is 12.1 Å². The summed E-state index contributed by atoms with van der Waals surface area (Å²) in [6, 6.07) is 2.04. The fourth-order valence-corrected chi connectivity index (χ4v) is 0.926. The Kier molecular flexibility index (Phi) is 6.19. The second kappa shape index (κ2) is 6.09. The summed E-state index contributed by atoms with van der Waals surface area (Å²) in [6.45, 7) is -5.10. The quantitative estimate of drug-likeness (QED) is 0.586. The Morgan fingerprint density at radius 1 is 1.13 bits per heavy atom. The van der Waals surface area contributed by atoms with E-state index >= 15 is 0 Å². The van der Waals surface area contributed by atoms with E-state index in [2.05, 4.69) is 9.72 Å². The summed E-state index contributed by atoms with van der Waals surface area (Å²) >= 11 is 0. The zero-order chi connectivity index (χ0) is 10.8. The maximum atomic E-state index is 12.2. The third kappa shape index (κ3) is 3.95. The molecule has 0 aliphatic carbocycles. The molecule has 78 valence electrons. The first-order valence-electron chi connectivity index (χ1n) is 3.78. The van der Waals surface area contributed by atoms with Crippen LogP contribution >= 0.6 is 0 Å². The van der Waals surface area contributed by atoms with Crippen molar-refractivity contribution in [2.75, 3.05) is 14.2 Å². The largest absolute Gasteiger partial charge is 1.00 e. The van der Waals surface area contributed by atoms with Gasteiger partial charge >= 0.3 is 58.4 Å². The van der Waals surface area contributed by atoms with E-state index in [-0.39, 0.29) is 63.0 Å². The molecule has 0 aliphatic heterocycles. The molecule has 0 atom stereocenters. The van der Waals surface area contributed by atoms with E-state index in [1.165, 1.54) is 20.3 Å². The molecule has 0 amide bonds. The first kappa shape index (κ1) is 15.2. The number of halogens is 3. The summed E-state index contributed by atoms with van der Waals surface area (Å²) < 4.78 is 46.1. The van der Waals surface area contributed by atoms with E-state index in [4.69, 9.17) is 4.74 Å². The normalized spacial score (nSPS) is 10.5. The number of methoxy groups -OCH3 is 2. The second-order valence-corrected chi connectivity index (χ2v) is 2.52. The van der Waals surface area contributed by atoms with E-state index in [1.54, 1.807) is 0 Å². The smallest absolute Gasteiger partial charge is 0.491 e. The Bertz CT molecular complexity index is 335. The molecule has 0 radical (unpaired) electrons.